The van der Waals surface area contributed by atoms with Crippen LogP contribution in [0.2, 0.25) is 0 Å². The molecule has 1 aromatic heterocycles. The molecule has 2 rings (SSSR count). The van der Waals surface area contributed by atoms with Gasteiger partial charge in [-0.25, -0.2) is 9.82 Å². The molecule has 0 spiro atoms. The van der Waals surface area contributed by atoms with Crippen LogP contribution in [0, 0.1) is 15.9 Å². The van der Waals surface area contributed by atoms with E-state index in [1.54, 1.807) is 6.92 Å². The first-order chi connectivity index (χ1) is 10.9. The molecule has 0 aliphatic heterocycles. The number of benzene rings is 1. The lowest BCUT2D eigenvalue weighted by Crippen LogP contribution is -2.22. The number of halogens is 1. The Kier molecular flexibility index (Phi) is 5.07. The Morgan fingerprint density at radius 3 is 2.74 bits per heavy atom. The number of carbonyl (C=O) groups excluding carboxylic acids is 1. The number of amides is 1. The van der Waals surface area contributed by atoms with Crippen LogP contribution in [0.4, 0.5) is 10.3 Å². The maximum Gasteiger partial charge on any atom is 0.490 e. The molecule has 0 unspecified atom stereocenters. The fourth-order valence-electron chi connectivity index (χ4n) is 1.70. The van der Waals surface area contributed by atoms with E-state index in [0.717, 1.165) is 0 Å². The lowest BCUT2D eigenvalue weighted by atomic mass is 10.1. The molecular weight excluding hydrogens is 307 g/mol. The number of hydrogen-bond acceptors (Lipinski definition) is 6. The predicted octanol–water partition coefficient (Wildman–Crippen LogP) is 1.06. The normalized spacial score (nSPS) is 11.3. The topological polar surface area (TPSA) is 115 Å². The number of nitro groups is 1. The first-order valence-electron chi connectivity index (χ1n) is 6.54. The van der Waals surface area contributed by atoms with Gasteiger partial charge in [0.05, 0.1) is 18.7 Å². The molecule has 1 N–H and O–H groups in total. The van der Waals surface area contributed by atoms with Crippen LogP contribution in [0.25, 0.3) is 0 Å². The van der Waals surface area contributed by atoms with Gasteiger partial charge in [0.25, 0.3) is 0 Å². The van der Waals surface area contributed by atoms with Gasteiger partial charge < -0.3 is 10.1 Å². The fraction of sp³-hybridized carbons (Fsp3) is 0.231. The summed E-state index contributed by atoms with van der Waals surface area (Å²) >= 11 is 0. The highest BCUT2D eigenvalue weighted by molar-refractivity contribution is 5.84. The number of rotatable bonds is 6. The van der Waals surface area contributed by atoms with Crippen LogP contribution >= 0.6 is 0 Å². The fourth-order valence-corrected chi connectivity index (χ4v) is 1.70. The average Bonchev–Trinajstić information content (AvgIpc) is 2.96. The maximum absolute atomic E-state index is 12.8. The lowest BCUT2D eigenvalue weighted by Gasteiger charge is -2.02. The van der Waals surface area contributed by atoms with Crippen molar-refractivity contribution in [3.8, 4) is 0 Å². The van der Waals surface area contributed by atoms with E-state index in [2.05, 4.69) is 20.6 Å². The van der Waals surface area contributed by atoms with Gasteiger partial charge in [-0.05, 0) is 29.5 Å². The van der Waals surface area contributed by atoms with Gasteiger partial charge in [0, 0.05) is 5.10 Å². The van der Waals surface area contributed by atoms with Crippen LogP contribution in [0.3, 0.4) is 0 Å². The Balaban J connectivity index is 1.86. The summed E-state index contributed by atoms with van der Waals surface area (Å²) in [5.74, 6) is -1.23. The van der Waals surface area contributed by atoms with Gasteiger partial charge in [0.15, 0.2) is 0 Å². The van der Waals surface area contributed by atoms with Crippen LogP contribution in [0.1, 0.15) is 12.5 Å². The van der Waals surface area contributed by atoms with Crippen molar-refractivity contribution >= 4 is 17.6 Å². The van der Waals surface area contributed by atoms with E-state index >= 15 is 0 Å². The number of nitrogens with zero attached hydrogens (tertiary/aromatic N) is 5. The number of carbonyl (C=O) groups is 1. The third-order valence-electron chi connectivity index (χ3n) is 2.73. The second-order valence-corrected chi connectivity index (χ2v) is 4.68. The monoisotopic (exact) mass is 320 g/mol. The number of hydrazone groups is 1. The average molecular weight is 320 g/mol. The van der Waals surface area contributed by atoms with Crippen molar-refractivity contribution in [3.05, 3.63) is 52.1 Å². The molecule has 0 fully saturated rings. The van der Waals surface area contributed by atoms with E-state index in [1.807, 2.05) is 0 Å². The highest BCUT2D eigenvalue weighted by Gasteiger charge is 2.13. The van der Waals surface area contributed by atoms with Crippen molar-refractivity contribution in [2.24, 2.45) is 5.10 Å². The van der Waals surface area contributed by atoms with Crippen molar-refractivity contribution < 1.29 is 14.1 Å². The summed E-state index contributed by atoms with van der Waals surface area (Å²) in [6, 6.07) is 5.57. The second kappa shape index (κ2) is 7.20. The van der Waals surface area contributed by atoms with Gasteiger partial charge >= 0.3 is 5.95 Å². The molecule has 23 heavy (non-hydrogen) atoms. The number of aromatic nitrogens is 3. The summed E-state index contributed by atoms with van der Waals surface area (Å²) in [7, 11) is 0. The van der Waals surface area contributed by atoms with Gasteiger partial charge in [-0.2, -0.15) is 9.78 Å². The van der Waals surface area contributed by atoms with Crippen LogP contribution in [-0.2, 0) is 17.8 Å². The molecule has 0 atom stereocenters. The third-order valence-corrected chi connectivity index (χ3v) is 2.73. The number of nitrogens with one attached hydrogen (secondary N) is 1. The maximum atomic E-state index is 12.8. The molecule has 0 aliphatic rings. The Hall–Kier alpha value is -3.17. The minimum absolute atomic E-state index is 0.0614. The molecule has 0 bridgehead atoms. The zero-order chi connectivity index (χ0) is 16.8. The summed E-state index contributed by atoms with van der Waals surface area (Å²) in [5.41, 5.74) is 3.49. The zero-order valence-electron chi connectivity index (χ0n) is 12.1. The quantitative estimate of drug-likeness (QED) is 0.485. The van der Waals surface area contributed by atoms with Gasteiger partial charge in [0.2, 0.25) is 12.2 Å². The Bertz CT molecular complexity index is 740. The van der Waals surface area contributed by atoms with Crippen molar-refractivity contribution in [2.75, 3.05) is 0 Å². The summed E-state index contributed by atoms with van der Waals surface area (Å²) in [6.07, 6.45) is 1.27. The van der Waals surface area contributed by atoms with Crippen LogP contribution in [-0.4, -0.2) is 31.3 Å². The molecule has 9 nitrogen and oxygen atoms in total. The predicted molar refractivity (Wildman–Crippen MR) is 78.0 cm³/mol. The standard InChI is InChI=1S/C13H13FN6O3/c1-9(7-19-8-15-13(18-19)20(22)23)16-17-12(21)6-10-2-4-11(14)5-3-10/h2-5,8H,6-7H2,1H3,(H,17,21)/b16-9+. The van der Waals surface area contributed by atoms with E-state index in [-0.39, 0.29) is 24.7 Å². The molecule has 2 aromatic rings. The summed E-state index contributed by atoms with van der Waals surface area (Å²) in [6.45, 7) is 1.78. The minimum Gasteiger partial charge on any atom is -0.390 e. The first-order valence-corrected chi connectivity index (χ1v) is 6.54. The van der Waals surface area contributed by atoms with Gasteiger partial charge in [0.1, 0.15) is 5.82 Å². The molecular formula is C13H13FN6O3. The van der Waals surface area contributed by atoms with Gasteiger partial charge in [-0.1, -0.05) is 17.1 Å². The minimum atomic E-state index is -0.701. The first kappa shape index (κ1) is 16.2. The smallest absolute Gasteiger partial charge is 0.390 e. The van der Waals surface area contributed by atoms with Crippen molar-refractivity contribution in [3.63, 3.8) is 0 Å². The van der Waals surface area contributed by atoms with Gasteiger partial charge in [-0.3, -0.25) is 4.79 Å². The van der Waals surface area contributed by atoms with Crippen LogP contribution in [0.5, 0.6) is 0 Å². The Labute approximate surface area is 130 Å². The lowest BCUT2D eigenvalue weighted by molar-refractivity contribution is -0.394. The summed E-state index contributed by atoms with van der Waals surface area (Å²) in [4.78, 5) is 25.0. The van der Waals surface area contributed by atoms with E-state index in [9.17, 15) is 19.3 Å². The van der Waals surface area contributed by atoms with Crippen molar-refractivity contribution in [2.45, 2.75) is 19.9 Å². The highest BCUT2D eigenvalue weighted by Crippen LogP contribution is 2.03. The Morgan fingerprint density at radius 1 is 1.43 bits per heavy atom. The zero-order valence-corrected chi connectivity index (χ0v) is 12.1. The molecule has 120 valence electrons. The summed E-state index contributed by atoms with van der Waals surface area (Å²) < 4.78 is 14.0. The summed E-state index contributed by atoms with van der Waals surface area (Å²) in [5, 5.41) is 18.0. The molecule has 1 aromatic carbocycles. The Morgan fingerprint density at radius 2 is 2.13 bits per heavy atom. The molecule has 1 amide bonds. The molecule has 10 heteroatoms. The van der Waals surface area contributed by atoms with Crippen LogP contribution < -0.4 is 5.43 Å². The van der Waals surface area contributed by atoms with E-state index in [0.29, 0.717) is 11.3 Å². The SMILES string of the molecule is C/C(Cn1cnc([N+](=O)[O-])n1)=N\NC(=O)Cc1ccc(F)cc1. The largest absolute Gasteiger partial charge is 0.490 e. The molecule has 0 radical (unpaired) electrons. The van der Waals surface area contributed by atoms with E-state index in [4.69, 9.17) is 0 Å². The van der Waals surface area contributed by atoms with E-state index in [1.165, 1.54) is 35.3 Å². The molecule has 0 aliphatic carbocycles. The highest BCUT2D eigenvalue weighted by atomic mass is 19.1. The molecule has 0 saturated heterocycles. The van der Waals surface area contributed by atoms with Gasteiger partial charge in [-0.15, -0.1) is 0 Å². The van der Waals surface area contributed by atoms with E-state index < -0.39 is 10.9 Å². The van der Waals surface area contributed by atoms with Crippen LogP contribution in [0.15, 0.2) is 35.7 Å². The molecule has 1 heterocycles. The molecule has 0 saturated carbocycles. The number of hydrogen-bond donors (Lipinski definition) is 1. The third kappa shape index (κ3) is 4.95. The second-order valence-electron chi connectivity index (χ2n) is 4.68. The van der Waals surface area contributed by atoms with Crippen molar-refractivity contribution in [1.29, 1.82) is 0 Å². The van der Waals surface area contributed by atoms with Crippen molar-refractivity contribution in [1.82, 2.24) is 20.2 Å².